The highest BCUT2D eigenvalue weighted by atomic mass is 19.3. The molecule has 0 atom stereocenters. The number of halogens is 2. The topological polar surface area (TPSA) is 42.8 Å². The van der Waals surface area contributed by atoms with Gasteiger partial charge in [-0.3, -0.25) is 4.57 Å². The van der Waals surface area contributed by atoms with E-state index in [4.69, 9.17) is 9.47 Å². The van der Waals surface area contributed by atoms with Crippen LogP contribution in [-0.4, -0.2) is 62.2 Å². The fraction of sp³-hybridized carbons (Fsp3) is 0.409. The van der Waals surface area contributed by atoms with Gasteiger partial charge in [0.05, 0.1) is 43.1 Å². The third-order valence-corrected chi connectivity index (χ3v) is 5.68. The molecular formula is C22H24F2N4O2. The molecule has 0 spiro atoms. The van der Waals surface area contributed by atoms with Gasteiger partial charge in [0.25, 0.3) is 6.43 Å². The zero-order valence-electron chi connectivity index (χ0n) is 16.6. The van der Waals surface area contributed by atoms with Gasteiger partial charge in [-0.15, -0.1) is 0 Å². The lowest BCUT2D eigenvalue weighted by atomic mass is 10.1. The molecule has 158 valence electrons. The van der Waals surface area contributed by atoms with Crippen molar-refractivity contribution in [2.75, 3.05) is 62.4 Å². The molecule has 0 radical (unpaired) electrons. The lowest BCUT2D eigenvalue weighted by molar-refractivity contribution is 0.122. The van der Waals surface area contributed by atoms with Crippen LogP contribution in [0.2, 0.25) is 0 Å². The van der Waals surface area contributed by atoms with Crippen molar-refractivity contribution >= 4 is 22.4 Å². The van der Waals surface area contributed by atoms with Crippen molar-refractivity contribution in [1.82, 2.24) is 9.55 Å². The first-order valence-corrected chi connectivity index (χ1v) is 10.3. The van der Waals surface area contributed by atoms with E-state index in [0.29, 0.717) is 43.1 Å². The van der Waals surface area contributed by atoms with Gasteiger partial charge in [0.2, 0.25) is 0 Å². The molecule has 0 bridgehead atoms. The first kappa shape index (κ1) is 19.3. The number of fused-ring (bicyclic) bond motifs is 1. The molecule has 3 aromatic rings. The number of alkyl halides is 2. The van der Waals surface area contributed by atoms with E-state index in [9.17, 15) is 8.78 Å². The van der Waals surface area contributed by atoms with E-state index in [2.05, 4.69) is 20.9 Å². The van der Waals surface area contributed by atoms with Crippen LogP contribution in [0.3, 0.4) is 0 Å². The first-order valence-electron chi connectivity index (χ1n) is 10.3. The summed E-state index contributed by atoms with van der Waals surface area (Å²) in [4.78, 5) is 8.71. The molecule has 6 nitrogen and oxygen atoms in total. The van der Waals surface area contributed by atoms with Crippen LogP contribution in [0.25, 0.3) is 16.7 Å². The Morgan fingerprint density at radius 1 is 0.767 bits per heavy atom. The number of hydrogen-bond acceptors (Lipinski definition) is 5. The Morgan fingerprint density at radius 3 is 1.87 bits per heavy atom. The van der Waals surface area contributed by atoms with Crippen LogP contribution in [0, 0.1) is 0 Å². The maximum atomic E-state index is 13.9. The largest absolute Gasteiger partial charge is 0.378 e. The molecule has 5 rings (SSSR count). The van der Waals surface area contributed by atoms with Crippen molar-refractivity contribution in [1.29, 1.82) is 0 Å². The van der Waals surface area contributed by atoms with Crippen LogP contribution in [-0.2, 0) is 9.47 Å². The van der Waals surface area contributed by atoms with Crippen LogP contribution in [0.15, 0.2) is 42.5 Å². The van der Waals surface area contributed by atoms with E-state index in [-0.39, 0.29) is 5.82 Å². The highest BCUT2D eigenvalue weighted by molar-refractivity contribution is 5.79. The highest BCUT2D eigenvalue weighted by Gasteiger charge is 2.23. The quantitative estimate of drug-likeness (QED) is 0.652. The molecule has 0 saturated carbocycles. The number of rotatable bonds is 4. The molecule has 2 fully saturated rings. The van der Waals surface area contributed by atoms with E-state index < -0.39 is 6.43 Å². The van der Waals surface area contributed by atoms with E-state index in [1.165, 1.54) is 0 Å². The Hall–Kier alpha value is -2.71. The van der Waals surface area contributed by atoms with E-state index in [1.54, 1.807) is 10.6 Å². The van der Waals surface area contributed by atoms with Crippen molar-refractivity contribution in [2.24, 2.45) is 0 Å². The monoisotopic (exact) mass is 414 g/mol. The van der Waals surface area contributed by atoms with E-state index >= 15 is 0 Å². The second-order valence-electron chi connectivity index (χ2n) is 7.50. The number of imidazole rings is 1. The molecule has 2 aliphatic heterocycles. The molecule has 2 aromatic carbocycles. The summed E-state index contributed by atoms with van der Waals surface area (Å²) in [5.74, 6) is -0.233. The van der Waals surface area contributed by atoms with Gasteiger partial charge in [-0.05, 0) is 30.3 Å². The average molecular weight is 414 g/mol. The maximum absolute atomic E-state index is 13.9. The normalized spacial score (nSPS) is 17.8. The lowest BCUT2D eigenvalue weighted by Gasteiger charge is -2.33. The smallest absolute Gasteiger partial charge is 0.295 e. The predicted molar refractivity (Wildman–Crippen MR) is 112 cm³/mol. The summed E-state index contributed by atoms with van der Waals surface area (Å²) in [6.45, 7) is 5.75. The molecule has 8 heteroatoms. The Kier molecular flexibility index (Phi) is 5.26. The summed E-state index contributed by atoms with van der Waals surface area (Å²) in [5.41, 5.74) is 3.97. The predicted octanol–water partition coefficient (Wildman–Crippen LogP) is 3.64. The fourth-order valence-corrected chi connectivity index (χ4v) is 4.18. The third kappa shape index (κ3) is 3.61. The van der Waals surface area contributed by atoms with E-state index in [0.717, 1.165) is 37.6 Å². The summed E-state index contributed by atoms with van der Waals surface area (Å²) in [6.07, 6.45) is -2.67. The maximum Gasteiger partial charge on any atom is 0.295 e. The number of aromatic nitrogens is 2. The lowest BCUT2D eigenvalue weighted by Crippen LogP contribution is -2.38. The Balaban J connectivity index is 1.67. The summed E-state index contributed by atoms with van der Waals surface area (Å²) < 4.78 is 40.4. The molecule has 2 saturated heterocycles. The minimum absolute atomic E-state index is 0.233. The number of benzene rings is 2. The summed E-state index contributed by atoms with van der Waals surface area (Å²) in [5, 5.41) is 0. The molecule has 0 amide bonds. The molecule has 0 unspecified atom stereocenters. The van der Waals surface area contributed by atoms with Crippen molar-refractivity contribution in [3.63, 3.8) is 0 Å². The third-order valence-electron chi connectivity index (χ3n) is 5.68. The van der Waals surface area contributed by atoms with Crippen LogP contribution in [0.1, 0.15) is 12.2 Å². The molecule has 2 aliphatic rings. The van der Waals surface area contributed by atoms with Gasteiger partial charge >= 0.3 is 0 Å². The van der Waals surface area contributed by atoms with Crippen molar-refractivity contribution < 1.29 is 18.3 Å². The van der Waals surface area contributed by atoms with Gasteiger partial charge in [-0.2, -0.15) is 0 Å². The second kappa shape index (κ2) is 8.20. The van der Waals surface area contributed by atoms with Gasteiger partial charge < -0.3 is 19.3 Å². The standard InChI is InChI=1S/C22H24F2N4O2/c23-21(24)22-25-19-3-1-2-4-20(19)28(22)18-14-16(26-5-9-29-10-6-26)13-17(15-18)27-7-11-30-12-8-27/h1-4,13-15,21H,5-12H2. The molecule has 0 aliphatic carbocycles. The van der Waals surface area contributed by atoms with Crippen molar-refractivity contribution in [3.8, 4) is 5.69 Å². The molecule has 0 N–H and O–H groups in total. The number of para-hydroxylation sites is 2. The summed E-state index contributed by atoms with van der Waals surface area (Å²) in [7, 11) is 0. The summed E-state index contributed by atoms with van der Waals surface area (Å²) in [6, 6.07) is 13.4. The van der Waals surface area contributed by atoms with Crippen LogP contribution in [0.5, 0.6) is 0 Å². The minimum Gasteiger partial charge on any atom is -0.378 e. The number of morpholine rings is 2. The van der Waals surface area contributed by atoms with Crippen LogP contribution < -0.4 is 9.80 Å². The molecule has 30 heavy (non-hydrogen) atoms. The molecule has 1 aromatic heterocycles. The van der Waals surface area contributed by atoms with Gasteiger partial charge in [-0.1, -0.05) is 12.1 Å². The minimum atomic E-state index is -2.67. The Bertz CT molecular complexity index is 991. The first-order chi connectivity index (χ1) is 14.7. The van der Waals surface area contributed by atoms with Gasteiger partial charge in [0, 0.05) is 37.6 Å². The van der Waals surface area contributed by atoms with Crippen LogP contribution in [0.4, 0.5) is 20.2 Å². The van der Waals surface area contributed by atoms with Gasteiger partial charge in [0.1, 0.15) is 0 Å². The number of hydrogen-bond donors (Lipinski definition) is 0. The molecule has 3 heterocycles. The average Bonchev–Trinajstić information content (AvgIpc) is 3.20. The SMILES string of the molecule is FC(F)c1nc2ccccc2n1-c1cc(N2CCOCC2)cc(N2CCOCC2)c1. The molecular weight excluding hydrogens is 390 g/mol. The van der Waals surface area contributed by atoms with E-state index in [1.807, 2.05) is 30.3 Å². The highest BCUT2D eigenvalue weighted by Crippen LogP contribution is 2.33. The van der Waals surface area contributed by atoms with Crippen molar-refractivity contribution in [2.45, 2.75) is 6.43 Å². The summed E-state index contributed by atoms with van der Waals surface area (Å²) >= 11 is 0. The zero-order chi connectivity index (χ0) is 20.5. The second-order valence-corrected chi connectivity index (χ2v) is 7.50. The van der Waals surface area contributed by atoms with Gasteiger partial charge in [0.15, 0.2) is 5.82 Å². The fourth-order valence-electron chi connectivity index (χ4n) is 4.18. The van der Waals surface area contributed by atoms with Gasteiger partial charge in [-0.25, -0.2) is 13.8 Å². The number of ether oxygens (including phenoxy) is 2. The number of anilines is 2. The van der Waals surface area contributed by atoms with Crippen molar-refractivity contribution in [3.05, 3.63) is 48.3 Å². The Labute approximate surface area is 173 Å². The Morgan fingerprint density at radius 2 is 1.30 bits per heavy atom. The zero-order valence-corrected chi connectivity index (χ0v) is 16.6. The number of nitrogens with zero attached hydrogens (tertiary/aromatic N) is 4. The van der Waals surface area contributed by atoms with Crippen LogP contribution >= 0.6 is 0 Å².